The first-order valence-electron chi connectivity index (χ1n) is 9.79. The van der Waals surface area contributed by atoms with Crippen LogP contribution in [0.1, 0.15) is 30.6 Å². The Balaban J connectivity index is 1.63. The molecule has 7 heteroatoms. The van der Waals surface area contributed by atoms with Gasteiger partial charge < -0.3 is 14.6 Å². The van der Waals surface area contributed by atoms with Crippen molar-refractivity contribution in [1.82, 2.24) is 20.1 Å². The summed E-state index contributed by atoms with van der Waals surface area (Å²) in [5, 5.41) is 12.3. The highest BCUT2D eigenvalue weighted by atomic mass is 32.2. The first kappa shape index (κ1) is 19.5. The Hall–Kier alpha value is -2.80. The quantitative estimate of drug-likeness (QED) is 0.569. The standard InChI is InChI=1S/C22H24N4O2S/c1-3-26-20(16-9-13-18(28-2)14-10-16)24-25-22(26)29-19(15-7-5-4-6-8-15)21(27)23-17-11-12-17/h4-10,13-14,17,19H,3,11-12H2,1-2H3,(H,23,27)/t19-/m1/s1. The van der Waals surface area contributed by atoms with Crippen LogP contribution in [0.4, 0.5) is 0 Å². The molecule has 1 amide bonds. The smallest absolute Gasteiger partial charge is 0.238 e. The predicted octanol–water partition coefficient (Wildman–Crippen LogP) is 4.09. The van der Waals surface area contributed by atoms with Crippen molar-refractivity contribution in [2.24, 2.45) is 0 Å². The van der Waals surface area contributed by atoms with E-state index < -0.39 is 0 Å². The van der Waals surface area contributed by atoms with Crippen LogP contribution < -0.4 is 10.1 Å². The molecule has 0 bridgehead atoms. The minimum absolute atomic E-state index is 0.0281. The second-order valence-corrected chi connectivity index (χ2v) is 8.04. The Bertz CT molecular complexity index is 968. The zero-order valence-corrected chi connectivity index (χ0v) is 17.4. The van der Waals surface area contributed by atoms with Crippen molar-refractivity contribution in [3.8, 4) is 17.1 Å². The number of methoxy groups -OCH3 is 1. The van der Waals surface area contributed by atoms with Crippen LogP contribution in [0, 0.1) is 0 Å². The molecule has 0 aliphatic heterocycles. The van der Waals surface area contributed by atoms with Crippen LogP contribution in [0.15, 0.2) is 59.8 Å². The highest BCUT2D eigenvalue weighted by Gasteiger charge is 2.30. The lowest BCUT2D eigenvalue weighted by Gasteiger charge is -2.17. The molecular weight excluding hydrogens is 384 g/mol. The third-order valence-corrected chi connectivity index (χ3v) is 6.10. The molecular formula is C22H24N4O2S. The molecule has 1 fully saturated rings. The van der Waals surface area contributed by atoms with E-state index in [4.69, 9.17) is 4.74 Å². The summed E-state index contributed by atoms with van der Waals surface area (Å²) in [6, 6.07) is 17.9. The molecule has 2 aromatic carbocycles. The van der Waals surface area contributed by atoms with Crippen molar-refractivity contribution < 1.29 is 9.53 Å². The number of nitrogens with one attached hydrogen (secondary N) is 1. The molecule has 1 aromatic heterocycles. The molecule has 1 saturated carbocycles. The van der Waals surface area contributed by atoms with Gasteiger partial charge in [0.25, 0.3) is 0 Å². The molecule has 1 atom stereocenters. The van der Waals surface area contributed by atoms with Crippen LogP contribution >= 0.6 is 11.8 Å². The van der Waals surface area contributed by atoms with Crippen molar-refractivity contribution in [3.05, 3.63) is 60.2 Å². The third-order valence-electron chi connectivity index (χ3n) is 4.87. The van der Waals surface area contributed by atoms with Gasteiger partial charge in [-0.25, -0.2) is 0 Å². The van der Waals surface area contributed by atoms with E-state index in [0.717, 1.165) is 40.7 Å². The van der Waals surface area contributed by atoms with Gasteiger partial charge in [0.1, 0.15) is 11.0 Å². The van der Waals surface area contributed by atoms with E-state index in [2.05, 4.69) is 22.4 Å². The third kappa shape index (κ3) is 4.45. The van der Waals surface area contributed by atoms with Gasteiger partial charge in [-0.2, -0.15) is 0 Å². The van der Waals surface area contributed by atoms with Crippen LogP contribution in [-0.4, -0.2) is 33.8 Å². The van der Waals surface area contributed by atoms with Gasteiger partial charge in [-0.15, -0.1) is 10.2 Å². The van der Waals surface area contributed by atoms with Gasteiger partial charge in [0.2, 0.25) is 5.91 Å². The number of ether oxygens (including phenoxy) is 1. The van der Waals surface area contributed by atoms with Crippen molar-refractivity contribution >= 4 is 17.7 Å². The maximum atomic E-state index is 12.9. The van der Waals surface area contributed by atoms with Crippen LogP contribution in [0.25, 0.3) is 11.4 Å². The largest absolute Gasteiger partial charge is 0.497 e. The van der Waals surface area contributed by atoms with Gasteiger partial charge in [0.15, 0.2) is 11.0 Å². The fraction of sp³-hybridized carbons (Fsp3) is 0.318. The summed E-state index contributed by atoms with van der Waals surface area (Å²) in [5.41, 5.74) is 1.93. The zero-order valence-electron chi connectivity index (χ0n) is 16.5. The molecule has 6 nitrogen and oxygen atoms in total. The van der Waals surface area contributed by atoms with E-state index in [1.807, 2.05) is 59.2 Å². The number of thioether (sulfide) groups is 1. The Morgan fingerprint density at radius 3 is 2.52 bits per heavy atom. The Morgan fingerprint density at radius 2 is 1.90 bits per heavy atom. The number of hydrogen-bond acceptors (Lipinski definition) is 5. The molecule has 0 unspecified atom stereocenters. The molecule has 0 spiro atoms. The molecule has 1 N–H and O–H groups in total. The van der Waals surface area contributed by atoms with Crippen molar-refractivity contribution in [2.75, 3.05) is 7.11 Å². The summed E-state index contributed by atoms with van der Waals surface area (Å²) in [6.45, 7) is 2.77. The van der Waals surface area contributed by atoms with E-state index in [1.165, 1.54) is 11.8 Å². The maximum Gasteiger partial charge on any atom is 0.238 e. The van der Waals surface area contributed by atoms with Crippen molar-refractivity contribution in [3.63, 3.8) is 0 Å². The lowest BCUT2D eigenvalue weighted by atomic mass is 10.1. The number of aromatic nitrogens is 3. The first-order valence-corrected chi connectivity index (χ1v) is 10.7. The number of nitrogens with zero attached hydrogens (tertiary/aromatic N) is 3. The zero-order chi connectivity index (χ0) is 20.2. The predicted molar refractivity (Wildman–Crippen MR) is 114 cm³/mol. The summed E-state index contributed by atoms with van der Waals surface area (Å²) in [4.78, 5) is 12.9. The molecule has 0 radical (unpaired) electrons. The van der Waals surface area contributed by atoms with Gasteiger partial charge in [-0.05, 0) is 49.6 Å². The lowest BCUT2D eigenvalue weighted by Crippen LogP contribution is -2.30. The highest BCUT2D eigenvalue weighted by Crippen LogP contribution is 2.37. The van der Waals surface area contributed by atoms with Crippen LogP contribution in [0.5, 0.6) is 5.75 Å². The molecule has 3 aromatic rings. The number of carbonyl (C=O) groups excluding carboxylic acids is 1. The van der Waals surface area contributed by atoms with Crippen LogP contribution in [0.3, 0.4) is 0 Å². The summed E-state index contributed by atoms with van der Waals surface area (Å²) in [6.07, 6.45) is 2.12. The molecule has 4 rings (SSSR count). The maximum absolute atomic E-state index is 12.9. The molecule has 29 heavy (non-hydrogen) atoms. The molecule has 1 aliphatic carbocycles. The minimum Gasteiger partial charge on any atom is -0.497 e. The number of rotatable bonds is 8. The van der Waals surface area contributed by atoms with E-state index in [9.17, 15) is 4.79 Å². The summed E-state index contributed by atoms with van der Waals surface area (Å²) in [5.74, 6) is 1.61. The SMILES string of the molecule is CCn1c(S[C@@H](C(=O)NC2CC2)c2ccccc2)nnc1-c1ccc(OC)cc1. The average molecular weight is 409 g/mol. The highest BCUT2D eigenvalue weighted by molar-refractivity contribution is 8.00. The van der Waals surface area contributed by atoms with Crippen LogP contribution in [0.2, 0.25) is 0 Å². The van der Waals surface area contributed by atoms with Crippen LogP contribution in [-0.2, 0) is 11.3 Å². The van der Waals surface area contributed by atoms with E-state index in [-0.39, 0.29) is 11.2 Å². The second kappa shape index (κ2) is 8.69. The molecule has 0 saturated heterocycles. The Kier molecular flexibility index (Phi) is 5.85. The molecule has 1 aliphatic rings. The fourth-order valence-corrected chi connectivity index (χ4v) is 4.24. The van der Waals surface area contributed by atoms with E-state index in [0.29, 0.717) is 12.6 Å². The number of hydrogen-bond donors (Lipinski definition) is 1. The number of carbonyl (C=O) groups is 1. The topological polar surface area (TPSA) is 69.0 Å². The van der Waals surface area contributed by atoms with Gasteiger partial charge in [0.05, 0.1) is 7.11 Å². The van der Waals surface area contributed by atoms with E-state index >= 15 is 0 Å². The second-order valence-electron chi connectivity index (χ2n) is 6.97. The normalized spacial score (nSPS) is 14.4. The average Bonchev–Trinajstić information content (AvgIpc) is 3.49. The first-order chi connectivity index (χ1) is 14.2. The lowest BCUT2D eigenvalue weighted by molar-refractivity contribution is -0.120. The summed E-state index contributed by atoms with van der Waals surface area (Å²) < 4.78 is 7.29. The summed E-state index contributed by atoms with van der Waals surface area (Å²) in [7, 11) is 1.65. The number of benzene rings is 2. The Morgan fingerprint density at radius 1 is 1.17 bits per heavy atom. The fourth-order valence-electron chi connectivity index (χ4n) is 3.13. The Labute approximate surface area is 174 Å². The van der Waals surface area contributed by atoms with Gasteiger partial charge in [-0.3, -0.25) is 4.79 Å². The molecule has 150 valence electrons. The van der Waals surface area contributed by atoms with Crippen molar-refractivity contribution in [2.45, 2.75) is 42.8 Å². The summed E-state index contributed by atoms with van der Waals surface area (Å²) >= 11 is 1.45. The van der Waals surface area contributed by atoms with Crippen molar-refractivity contribution in [1.29, 1.82) is 0 Å². The van der Waals surface area contributed by atoms with Gasteiger partial charge in [0, 0.05) is 18.2 Å². The van der Waals surface area contributed by atoms with Gasteiger partial charge in [-0.1, -0.05) is 42.1 Å². The van der Waals surface area contributed by atoms with Gasteiger partial charge >= 0.3 is 0 Å². The molecule has 1 heterocycles. The van der Waals surface area contributed by atoms with E-state index in [1.54, 1.807) is 7.11 Å². The monoisotopic (exact) mass is 408 g/mol. The minimum atomic E-state index is -0.366. The number of amides is 1.